The van der Waals surface area contributed by atoms with Crippen LogP contribution in [0.25, 0.3) is 0 Å². The van der Waals surface area contributed by atoms with Gasteiger partial charge in [-0.05, 0) is 79.6 Å². The van der Waals surface area contributed by atoms with E-state index in [4.69, 9.17) is 0 Å². The van der Waals surface area contributed by atoms with Gasteiger partial charge in [0.05, 0.1) is 0 Å². The van der Waals surface area contributed by atoms with E-state index in [0.29, 0.717) is 18.4 Å². The Bertz CT molecular complexity index is 533. The van der Waals surface area contributed by atoms with Crippen LogP contribution in [0.2, 0.25) is 0 Å². The molecule has 4 saturated carbocycles. The molecule has 4 fully saturated rings. The third kappa shape index (κ3) is 3.55. The maximum absolute atomic E-state index is 12.6. The van der Waals surface area contributed by atoms with Crippen molar-refractivity contribution >= 4 is 17.2 Å². The number of hydrogen-bond donors (Lipinski definition) is 2. The van der Waals surface area contributed by atoms with Crippen LogP contribution in [-0.2, 0) is 11.2 Å². The second kappa shape index (κ2) is 6.80. The smallest absolute Gasteiger partial charge is 0.220 e. The van der Waals surface area contributed by atoms with E-state index in [1.807, 2.05) is 6.07 Å². The van der Waals surface area contributed by atoms with Crippen LogP contribution in [0.4, 0.5) is 0 Å². The van der Waals surface area contributed by atoms with Gasteiger partial charge >= 0.3 is 0 Å². The molecule has 1 aromatic heterocycles. The van der Waals surface area contributed by atoms with Crippen molar-refractivity contribution in [1.29, 1.82) is 0 Å². The van der Waals surface area contributed by atoms with E-state index in [1.165, 1.54) is 43.4 Å². The van der Waals surface area contributed by atoms with Crippen molar-refractivity contribution < 1.29 is 9.90 Å². The van der Waals surface area contributed by atoms with Crippen LogP contribution in [-0.4, -0.2) is 24.2 Å². The zero-order valence-electron chi connectivity index (χ0n) is 14.4. The number of rotatable bonds is 7. The lowest BCUT2D eigenvalue weighted by Crippen LogP contribution is -2.48. The van der Waals surface area contributed by atoms with Gasteiger partial charge in [-0.1, -0.05) is 6.07 Å². The van der Waals surface area contributed by atoms with Crippen LogP contribution in [0.3, 0.4) is 0 Å². The minimum absolute atomic E-state index is 0.129. The molecule has 4 aliphatic rings. The Balaban J connectivity index is 1.29. The second-order valence-electron chi connectivity index (χ2n) is 8.73. The predicted octanol–water partition coefficient (Wildman–Crippen LogP) is 3.62. The molecule has 0 aromatic carbocycles. The Kier molecular flexibility index (Phi) is 4.70. The summed E-state index contributed by atoms with van der Waals surface area (Å²) in [5.74, 6) is 3.03. The first kappa shape index (κ1) is 16.6. The van der Waals surface area contributed by atoms with Gasteiger partial charge < -0.3 is 10.4 Å². The molecule has 0 radical (unpaired) electrons. The minimum atomic E-state index is 0.129. The number of amides is 1. The fourth-order valence-electron chi connectivity index (χ4n) is 6.08. The van der Waals surface area contributed by atoms with Gasteiger partial charge in [0, 0.05) is 30.4 Å². The van der Waals surface area contributed by atoms with Crippen molar-refractivity contribution in [2.45, 2.75) is 51.4 Å². The van der Waals surface area contributed by atoms with Gasteiger partial charge in [0.25, 0.3) is 0 Å². The van der Waals surface area contributed by atoms with E-state index < -0.39 is 0 Å². The molecule has 132 valence electrons. The standard InChI is InChI=1S/C20H29NO2S/c22-13-17(7-18-2-1-3-24-18)12-21-19(23)11-20-8-14-4-15(9-20)6-16(5-14)10-20/h1-3,14-17,22H,4-13H2,(H,21,23). The Labute approximate surface area is 148 Å². The van der Waals surface area contributed by atoms with E-state index in [0.717, 1.165) is 24.2 Å². The van der Waals surface area contributed by atoms with Crippen molar-refractivity contribution in [3.05, 3.63) is 22.4 Å². The molecule has 2 N–H and O–H groups in total. The molecule has 4 aliphatic carbocycles. The van der Waals surface area contributed by atoms with Gasteiger partial charge in [0.1, 0.15) is 0 Å². The number of aliphatic hydroxyl groups excluding tert-OH is 1. The van der Waals surface area contributed by atoms with Gasteiger partial charge in [0.15, 0.2) is 0 Å². The van der Waals surface area contributed by atoms with Crippen molar-refractivity contribution in [1.82, 2.24) is 5.32 Å². The van der Waals surface area contributed by atoms with Crippen molar-refractivity contribution in [2.24, 2.45) is 29.1 Å². The molecule has 0 aliphatic heterocycles. The molecule has 0 saturated heterocycles. The molecule has 1 heterocycles. The molecular weight excluding hydrogens is 318 g/mol. The molecule has 1 atom stereocenters. The second-order valence-corrected chi connectivity index (χ2v) is 9.76. The lowest BCUT2D eigenvalue weighted by Gasteiger charge is -2.56. The minimum Gasteiger partial charge on any atom is -0.396 e. The van der Waals surface area contributed by atoms with E-state index in [-0.39, 0.29) is 18.4 Å². The normalized spacial score (nSPS) is 35.1. The first-order valence-corrected chi connectivity index (χ1v) is 10.4. The maximum Gasteiger partial charge on any atom is 0.220 e. The van der Waals surface area contributed by atoms with E-state index in [2.05, 4.69) is 16.8 Å². The Hall–Kier alpha value is -0.870. The maximum atomic E-state index is 12.6. The molecule has 1 aromatic rings. The van der Waals surface area contributed by atoms with E-state index >= 15 is 0 Å². The highest BCUT2D eigenvalue weighted by molar-refractivity contribution is 7.09. The number of nitrogens with one attached hydrogen (secondary N) is 1. The fraction of sp³-hybridized carbons (Fsp3) is 0.750. The average molecular weight is 348 g/mol. The van der Waals surface area contributed by atoms with Gasteiger partial charge in [-0.15, -0.1) is 11.3 Å². The van der Waals surface area contributed by atoms with Crippen LogP contribution in [0.5, 0.6) is 0 Å². The Morgan fingerprint density at radius 2 is 1.92 bits per heavy atom. The first-order valence-electron chi connectivity index (χ1n) is 9.54. The molecule has 3 nitrogen and oxygen atoms in total. The third-order valence-electron chi connectivity index (χ3n) is 6.62. The molecule has 4 bridgehead atoms. The summed E-state index contributed by atoms with van der Waals surface area (Å²) in [5, 5.41) is 14.8. The topological polar surface area (TPSA) is 49.3 Å². The lowest BCUT2D eigenvalue weighted by atomic mass is 9.49. The number of carbonyl (C=O) groups is 1. The van der Waals surface area contributed by atoms with E-state index in [9.17, 15) is 9.90 Å². The van der Waals surface area contributed by atoms with Crippen LogP contribution in [0, 0.1) is 29.1 Å². The number of aliphatic hydroxyl groups is 1. The lowest BCUT2D eigenvalue weighted by molar-refractivity contribution is -0.129. The zero-order valence-corrected chi connectivity index (χ0v) is 15.2. The van der Waals surface area contributed by atoms with Crippen LogP contribution >= 0.6 is 11.3 Å². The summed E-state index contributed by atoms with van der Waals surface area (Å²) >= 11 is 1.72. The molecule has 4 heteroatoms. The summed E-state index contributed by atoms with van der Waals surface area (Å²) in [5.41, 5.74) is 0.307. The van der Waals surface area contributed by atoms with Crippen LogP contribution < -0.4 is 5.32 Å². The highest BCUT2D eigenvalue weighted by atomic mass is 32.1. The summed E-state index contributed by atoms with van der Waals surface area (Å²) in [7, 11) is 0. The zero-order chi connectivity index (χ0) is 16.6. The molecule has 5 rings (SSSR count). The van der Waals surface area contributed by atoms with Crippen LogP contribution in [0.1, 0.15) is 49.8 Å². The van der Waals surface area contributed by atoms with Gasteiger partial charge in [-0.25, -0.2) is 0 Å². The Morgan fingerprint density at radius 1 is 1.25 bits per heavy atom. The SMILES string of the molecule is O=C(CC12CC3CC(CC(C3)C1)C2)NCC(CO)Cc1cccs1. The molecule has 1 unspecified atom stereocenters. The summed E-state index contributed by atoms with van der Waals surface area (Å²) in [6.07, 6.45) is 9.69. The summed E-state index contributed by atoms with van der Waals surface area (Å²) < 4.78 is 0. The monoisotopic (exact) mass is 347 g/mol. The summed E-state index contributed by atoms with van der Waals surface area (Å²) in [6, 6.07) is 4.14. The van der Waals surface area contributed by atoms with Crippen molar-refractivity contribution in [3.8, 4) is 0 Å². The molecule has 0 spiro atoms. The average Bonchev–Trinajstić information content (AvgIpc) is 3.02. The quantitative estimate of drug-likeness (QED) is 0.791. The summed E-state index contributed by atoms with van der Waals surface area (Å²) in [6.45, 7) is 0.731. The van der Waals surface area contributed by atoms with Crippen molar-refractivity contribution in [2.75, 3.05) is 13.2 Å². The highest BCUT2D eigenvalue weighted by Gasteiger charge is 2.51. The fourth-order valence-corrected chi connectivity index (χ4v) is 6.90. The largest absolute Gasteiger partial charge is 0.396 e. The van der Waals surface area contributed by atoms with Gasteiger partial charge in [-0.3, -0.25) is 4.79 Å². The molecule has 24 heavy (non-hydrogen) atoms. The summed E-state index contributed by atoms with van der Waals surface area (Å²) in [4.78, 5) is 13.8. The first-order chi connectivity index (χ1) is 11.6. The van der Waals surface area contributed by atoms with Gasteiger partial charge in [-0.2, -0.15) is 0 Å². The van der Waals surface area contributed by atoms with Crippen LogP contribution in [0.15, 0.2) is 17.5 Å². The number of carbonyl (C=O) groups excluding carboxylic acids is 1. The van der Waals surface area contributed by atoms with Crippen molar-refractivity contribution in [3.63, 3.8) is 0 Å². The molecule has 1 amide bonds. The molecular formula is C20H29NO2S. The Morgan fingerprint density at radius 3 is 2.46 bits per heavy atom. The number of hydrogen-bond acceptors (Lipinski definition) is 3. The predicted molar refractivity (Wildman–Crippen MR) is 96.8 cm³/mol. The van der Waals surface area contributed by atoms with Gasteiger partial charge in [0.2, 0.25) is 5.91 Å². The van der Waals surface area contributed by atoms with E-state index in [1.54, 1.807) is 11.3 Å². The highest BCUT2D eigenvalue weighted by Crippen LogP contribution is 2.61. The third-order valence-corrected chi connectivity index (χ3v) is 7.52. The number of thiophene rings is 1.